The second kappa shape index (κ2) is 6.13. The lowest BCUT2D eigenvalue weighted by Crippen LogP contribution is -2.32. The molecule has 6 rings (SSSR count). The SMILES string of the molecule is CC(C)c1c2c(nc3cc4c(cc13)OCO4)-c1cc3c(c(=O)n1C2)COC(=O)C3N=O. The van der Waals surface area contributed by atoms with Crippen LogP contribution in [0.1, 0.15) is 48.1 Å². The molecule has 156 valence electrons. The number of hydrogen-bond donors (Lipinski definition) is 0. The van der Waals surface area contributed by atoms with Crippen molar-refractivity contribution >= 4 is 16.9 Å². The second-order valence-corrected chi connectivity index (χ2v) is 8.20. The average Bonchev–Trinajstić information content (AvgIpc) is 3.34. The molecule has 0 amide bonds. The zero-order valence-electron chi connectivity index (χ0n) is 16.8. The van der Waals surface area contributed by atoms with E-state index in [1.54, 1.807) is 10.6 Å². The third kappa shape index (κ3) is 2.34. The Labute approximate surface area is 175 Å². The summed E-state index contributed by atoms with van der Waals surface area (Å²) in [5.74, 6) is 0.721. The fourth-order valence-corrected chi connectivity index (χ4v) is 4.81. The van der Waals surface area contributed by atoms with Crippen molar-refractivity contribution in [2.24, 2.45) is 5.18 Å². The van der Waals surface area contributed by atoms with Crippen molar-refractivity contribution in [2.45, 2.75) is 39.0 Å². The van der Waals surface area contributed by atoms with Crippen molar-refractivity contribution in [3.05, 3.63) is 55.7 Å². The molecule has 0 bridgehead atoms. The molecule has 1 aromatic carbocycles. The van der Waals surface area contributed by atoms with Gasteiger partial charge in [-0.15, -0.1) is 4.91 Å². The highest BCUT2D eigenvalue weighted by Gasteiger charge is 2.37. The number of carbonyl (C=O) groups is 1. The molecule has 31 heavy (non-hydrogen) atoms. The van der Waals surface area contributed by atoms with Gasteiger partial charge in [-0.2, -0.15) is 0 Å². The van der Waals surface area contributed by atoms with E-state index in [1.807, 2.05) is 12.1 Å². The van der Waals surface area contributed by atoms with Crippen LogP contribution in [-0.4, -0.2) is 22.3 Å². The molecule has 0 aliphatic carbocycles. The lowest BCUT2D eigenvalue weighted by atomic mass is 9.92. The maximum absolute atomic E-state index is 13.2. The van der Waals surface area contributed by atoms with Gasteiger partial charge < -0.3 is 18.8 Å². The van der Waals surface area contributed by atoms with E-state index in [-0.39, 0.29) is 30.4 Å². The number of nitroso groups, excluding NO2 is 1. The van der Waals surface area contributed by atoms with Gasteiger partial charge in [0.15, 0.2) is 11.5 Å². The van der Waals surface area contributed by atoms with Gasteiger partial charge >= 0.3 is 5.97 Å². The van der Waals surface area contributed by atoms with Gasteiger partial charge in [-0.1, -0.05) is 13.8 Å². The van der Waals surface area contributed by atoms with Gasteiger partial charge in [-0.3, -0.25) is 4.79 Å². The summed E-state index contributed by atoms with van der Waals surface area (Å²) in [7, 11) is 0. The van der Waals surface area contributed by atoms with E-state index in [0.29, 0.717) is 35.0 Å². The maximum atomic E-state index is 13.2. The predicted molar refractivity (Wildman–Crippen MR) is 109 cm³/mol. The van der Waals surface area contributed by atoms with Crippen LogP contribution in [0, 0.1) is 4.91 Å². The van der Waals surface area contributed by atoms with Gasteiger partial charge in [0.05, 0.1) is 29.0 Å². The minimum absolute atomic E-state index is 0.161. The summed E-state index contributed by atoms with van der Waals surface area (Å²) in [6.07, 6.45) is 0. The van der Waals surface area contributed by atoms with E-state index in [0.717, 1.165) is 22.0 Å². The Kier molecular flexibility index (Phi) is 3.57. The first kappa shape index (κ1) is 18.1. The summed E-state index contributed by atoms with van der Waals surface area (Å²) in [5.41, 5.74) is 4.29. The highest BCUT2D eigenvalue weighted by Crippen LogP contribution is 2.44. The minimum atomic E-state index is -1.34. The average molecular weight is 419 g/mol. The standard InChI is InChI=1S/C22H17N3O6/c1-9(2)18-11-4-16-17(31-8-30-16)5-14(11)23-19-12(18)6-25-15(19)3-10-13(21(25)26)7-29-22(27)20(10)24-28/h3-5,9,20H,6-8H2,1-2H3. The number of hydrogen-bond acceptors (Lipinski definition) is 8. The normalized spacial score (nSPS) is 18.0. The number of carbonyl (C=O) groups excluding carboxylic acids is 1. The minimum Gasteiger partial charge on any atom is -0.459 e. The van der Waals surface area contributed by atoms with Gasteiger partial charge in [0.25, 0.3) is 5.56 Å². The smallest absolute Gasteiger partial charge is 0.339 e. The van der Waals surface area contributed by atoms with E-state index in [4.69, 9.17) is 19.2 Å². The number of fused-ring (bicyclic) bond motifs is 6. The summed E-state index contributed by atoms with van der Waals surface area (Å²) >= 11 is 0. The highest BCUT2D eigenvalue weighted by atomic mass is 16.7. The highest BCUT2D eigenvalue weighted by molar-refractivity contribution is 5.91. The van der Waals surface area contributed by atoms with Crippen LogP contribution in [0.4, 0.5) is 0 Å². The predicted octanol–water partition coefficient (Wildman–Crippen LogP) is 3.14. The number of esters is 1. The van der Waals surface area contributed by atoms with Gasteiger partial charge in [-0.05, 0) is 28.8 Å². The summed E-state index contributed by atoms with van der Waals surface area (Å²) in [5, 5.41) is 3.86. The zero-order chi connectivity index (χ0) is 21.4. The fourth-order valence-electron chi connectivity index (χ4n) is 4.81. The van der Waals surface area contributed by atoms with Crippen LogP contribution in [-0.2, 0) is 22.7 Å². The van der Waals surface area contributed by atoms with Crippen LogP contribution in [0.15, 0.2) is 28.2 Å². The molecular formula is C22H17N3O6. The monoisotopic (exact) mass is 419 g/mol. The van der Waals surface area contributed by atoms with Crippen LogP contribution in [0.5, 0.6) is 11.5 Å². The molecule has 1 atom stereocenters. The molecule has 0 N–H and O–H groups in total. The number of pyridine rings is 2. The number of rotatable bonds is 2. The number of nitrogens with zero attached hydrogens (tertiary/aromatic N) is 3. The van der Waals surface area contributed by atoms with E-state index in [1.165, 1.54) is 0 Å². The molecule has 0 saturated carbocycles. The summed E-state index contributed by atoms with van der Waals surface area (Å²) in [6, 6.07) is 4.13. The van der Waals surface area contributed by atoms with Crippen LogP contribution in [0.3, 0.4) is 0 Å². The molecule has 1 unspecified atom stereocenters. The van der Waals surface area contributed by atoms with Gasteiger partial charge in [-0.25, -0.2) is 9.78 Å². The number of aromatic nitrogens is 2. The summed E-state index contributed by atoms with van der Waals surface area (Å²) < 4.78 is 17.7. The van der Waals surface area contributed by atoms with Crippen LogP contribution in [0.2, 0.25) is 0 Å². The summed E-state index contributed by atoms with van der Waals surface area (Å²) in [4.78, 5) is 41.4. The van der Waals surface area contributed by atoms with Gasteiger partial charge in [0, 0.05) is 22.6 Å². The Morgan fingerprint density at radius 2 is 1.87 bits per heavy atom. The van der Waals surface area contributed by atoms with Gasteiger partial charge in [0.2, 0.25) is 12.8 Å². The Morgan fingerprint density at radius 1 is 1.10 bits per heavy atom. The Morgan fingerprint density at radius 3 is 2.61 bits per heavy atom. The molecule has 9 heteroatoms. The molecule has 0 saturated heterocycles. The molecule has 3 aliphatic heterocycles. The van der Waals surface area contributed by atoms with E-state index < -0.39 is 12.0 Å². The number of ether oxygens (including phenoxy) is 3. The Balaban J connectivity index is 1.66. The molecule has 0 radical (unpaired) electrons. The molecule has 3 aromatic rings. The Hall–Kier alpha value is -3.75. The van der Waals surface area contributed by atoms with E-state index in [9.17, 15) is 14.5 Å². The fraction of sp³-hybridized carbons (Fsp3) is 0.318. The van der Waals surface area contributed by atoms with Crippen molar-refractivity contribution in [3.8, 4) is 22.9 Å². The third-order valence-corrected chi connectivity index (χ3v) is 6.18. The first-order valence-corrected chi connectivity index (χ1v) is 10.00. The molecule has 0 fully saturated rings. The van der Waals surface area contributed by atoms with Crippen LogP contribution >= 0.6 is 0 Å². The Bertz CT molecular complexity index is 1390. The zero-order valence-corrected chi connectivity index (χ0v) is 16.8. The van der Waals surface area contributed by atoms with Gasteiger partial charge in [0.1, 0.15) is 6.61 Å². The molecule has 3 aliphatic rings. The molecule has 0 spiro atoms. The first-order chi connectivity index (χ1) is 15.0. The molecule has 9 nitrogen and oxygen atoms in total. The van der Waals surface area contributed by atoms with E-state index >= 15 is 0 Å². The molecular weight excluding hydrogens is 402 g/mol. The van der Waals surface area contributed by atoms with Crippen LogP contribution < -0.4 is 15.0 Å². The largest absolute Gasteiger partial charge is 0.459 e. The van der Waals surface area contributed by atoms with Crippen molar-refractivity contribution < 1.29 is 19.0 Å². The first-order valence-electron chi connectivity index (χ1n) is 10.00. The quantitative estimate of drug-likeness (QED) is 0.363. The number of benzene rings is 1. The lowest BCUT2D eigenvalue weighted by molar-refractivity contribution is -0.148. The van der Waals surface area contributed by atoms with Crippen LogP contribution in [0.25, 0.3) is 22.3 Å². The van der Waals surface area contributed by atoms with Crippen molar-refractivity contribution in [2.75, 3.05) is 6.79 Å². The van der Waals surface area contributed by atoms with E-state index in [2.05, 4.69) is 19.0 Å². The maximum Gasteiger partial charge on any atom is 0.339 e. The lowest BCUT2D eigenvalue weighted by Gasteiger charge is -2.20. The summed E-state index contributed by atoms with van der Waals surface area (Å²) in [6.45, 7) is 4.55. The molecule has 2 aromatic heterocycles. The van der Waals surface area contributed by atoms with Crippen molar-refractivity contribution in [3.63, 3.8) is 0 Å². The van der Waals surface area contributed by atoms with Crippen molar-refractivity contribution in [1.29, 1.82) is 0 Å². The number of cyclic esters (lactones) is 1. The topological polar surface area (TPSA) is 109 Å². The molecule has 5 heterocycles. The second-order valence-electron chi connectivity index (χ2n) is 8.20. The van der Waals surface area contributed by atoms with Crippen molar-refractivity contribution in [1.82, 2.24) is 9.55 Å². The third-order valence-electron chi connectivity index (χ3n) is 6.18.